The van der Waals surface area contributed by atoms with E-state index in [1.807, 2.05) is 0 Å². The second kappa shape index (κ2) is 8.40. The summed E-state index contributed by atoms with van der Waals surface area (Å²) in [5, 5.41) is 13.9. The van der Waals surface area contributed by atoms with Gasteiger partial charge in [-0.2, -0.15) is 0 Å². The van der Waals surface area contributed by atoms with Gasteiger partial charge in [0, 0.05) is 10.8 Å². The summed E-state index contributed by atoms with van der Waals surface area (Å²) in [6, 6.07) is 53.1. The first-order chi connectivity index (χ1) is 21.3. The first kappa shape index (κ1) is 22.9. The number of fused-ring (bicyclic) bond motifs is 16. The van der Waals surface area contributed by atoms with Crippen LogP contribution in [0.1, 0.15) is 0 Å². The summed E-state index contributed by atoms with van der Waals surface area (Å²) in [7, 11) is 0. The zero-order valence-corrected chi connectivity index (χ0v) is 23.3. The normalized spacial score (nSPS) is 12.2. The van der Waals surface area contributed by atoms with Gasteiger partial charge in [-0.25, -0.2) is 4.98 Å². The van der Waals surface area contributed by atoms with Crippen LogP contribution in [0.2, 0.25) is 0 Å². The fourth-order valence-corrected chi connectivity index (χ4v) is 7.39. The Labute approximate surface area is 247 Å². The Morgan fingerprint density at radius 3 is 1.70 bits per heavy atom. The van der Waals surface area contributed by atoms with Gasteiger partial charge in [0.05, 0.1) is 16.6 Å². The standard InChI is InChI=1S/C41H24N2/c1-2-10-28-25(9-1)17-21-34-36-24-27(19-22-38(36)43-39-16-8-7-15-37(39)42-41(43)40(28)34)26-18-20-33-31-13-4-3-11-29(31)30-12-5-6-14-32(30)35(33)23-26/h1-24H. The third-order valence-corrected chi connectivity index (χ3v) is 9.32. The summed E-state index contributed by atoms with van der Waals surface area (Å²) < 4.78 is 2.35. The van der Waals surface area contributed by atoms with Crippen LogP contribution >= 0.6 is 0 Å². The van der Waals surface area contributed by atoms with Crippen LogP contribution in [-0.4, -0.2) is 9.38 Å². The predicted molar refractivity (Wildman–Crippen MR) is 183 cm³/mol. The highest BCUT2D eigenvalue weighted by atomic mass is 15.0. The fourth-order valence-electron chi connectivity index (χ4n) is 7.39. The van der Waals surface area contributed by atoms with Crippen molar-refractivity contribution in [3.05, 3.63) is 146 Å². The van der Waals surface area contributed by atoms with Gasteiger partial charge in [0.2, 0.25) is 0 Å². The van der Waals surface area contributed by atoms with E-state index in [-0.39, 0.29) is 0 Å². The maximum atomic E-state index is 5.18. The molecule has 0 spiro atoms. The van der Waals surface area contributed by atoms with Crippen molar-refractivity contribution in [2.75, 3.05) is 0 Å². The minimum atomic E-state index is 1.01. The minimum absolute atomic E-state index is 1.01. The van der Waals surface area contributed by atoms with E-state index in [1.165, 1.54) is 75.9 Å². The summed E-state index contributed by atoms with van der Waals surface area (Å²) in [5.74, 6) is 0. The molecule has 0 bridgehead atoms. The third-order valence-electron chi connectivity index (χ3n) is 9.32. The fraction of sp³-hybridized carbons (Fsp3) is 0. The van der Waals surface area contributed by atoms with Gasteiger partial charge in [-0.3, -0.25) is 4.40 Å². The van der Waals surface area contributed by atoms with Crippen LogP contribution in [0, 0.1) is 0 Å². The molecule has 43 heavy (non-hydrogen) atoms. The van der Waals surface area contributed by atoms with Crippen molar-refractivity contribution >= 4 is 81.4 Å². The van der Waals surface area contributed by atoms with Gasteiger partial charge < -0.3 is 0 Å². The molecule has 0 aliphatic rings. The average Bonchev–Trinajstić information content (AvgIpc) is 3.47. The van der Waals surface area contributed by atoms with E-state index in [0.717, 1.165) is 16.7 Å². The monoisotopic (exact) mass is 544 g/mol. The van der Waals surface area contributed by atoms with Crippen LogP contribution in [0.3, 0.4) is 0 Å². The van der Waals surface area contributed by atoms with Crippen molar-refractivity contribution in [1.29, 1.82) is 0 Å². The van der Waals surface area contributed by atoms with E-state index in [1.54, 1.807) is 0 Å². The molecule has 0 aliphatic carbocycles. The number of pyridine rings is 1. The second-order valence-electron chi connectivity index (χ2n) is 11.6. The highest BCUT2D eigenvalue weighted by molar-refractivity contribution is 6.26. The van der Waals surface area contributed by atoms with Crippen molar-refractivity contribution in [3.63, 3.8) is 0 Å². The topological polar surface area (TPSA) is 17.3 Å². The highest BCUT2D eigenvalue weighted by Gasteiger charge is 2.17. The molecule has 198 valence electrons. The maximum absolute atomic E-state index is 5.18. The SMILES string of the molecule is c1ccc2c(c1)ccc1c3cc(-c4ccc5c6ccccc6c6ccccc6c5c4)ccc3n3c4ccccc4nc3c21. The second-order valence-corrected chi connectivity index (χ2v) is 11.6. The Balaban J connectivity index is 1.33. The minimum Gasteiger partial charge on any atom is -0.292 e. The van der Waals surface area contributed by atoms with Gasteiger partial charge in [-0.05, 0) is 89.9 Å². The van der Waals surface area contributed by atoms with Crippen molar-refractivity contribution in [1.82, 2.24) is 9.38 Å². The number of benzene rings is 8. The number of para-hydroxylation sites is 2. The molecule has 0 atom stereocenters. The van der Waals surface area contributed by atoms with E-state index in [2.05, 4.69) is 150 Å². The van der Waals surface area contributed by atoms with E-state index in [4.69, 9.17) is 4.98 Å². The van der Waals surface area contributed by atoms with Crippen LogP contribution in [-0.2, 0) is 0 Å². The molecule has 10 rings (SSSR count). The smallest absolute Gasteiger partial charge is 0.147 e. The first-order valence-corrected chi connectivity index (χ1v) is 14.8. The number of imidazole rings is 1. The zero-order valence-electron chi connectivity index (χ0n) is 23.3. The number of nitrogens with zero attached hydrogens (tertiary/aromatic N) is 2. The summed E-state index contributed by atoms with van der Waals surface area (Å²) in [4.78, 5) is 5.18. The molecule has 0 aliphatic heterocycles. The van der Waals surface area contributed by atoms with Crippen LogP contribution in [0.5, 0.6) is 0 Å². The number of hydrogen-bond acceptors (Lipinski definition) is 1. The molecule has 0 radical (unpaired) electrons. The first-order valence-electron chi connectivity index (χ1n) is 14.8. The molecule has 0 unspecified atom stereocenters. The lowest BCUT2D eigenvalue weighted by Gasteiger charge is -2.14. The molecule has 0 amide bonds. The number of rotatable bonds is 1. The molecule has 0 N–H and O–H groups in total. The third kappa shape index (κ3) is 3.10. The number of hydrogen-bond donors (Lipinski definition) is 0. The van der Waals surface area contributed by atoms with Crippen molar-refractivity contribution in [3.8, 4) is 11.1 Å². The molecular weight excluding hydrogens is 520 g/mol. The molecule has 2 aromatic heterocycles. The lowest BCUT2D eigenvalue weighted by atomic mass is 9.91. The highest BCUT2D eigenvalue weighted by Crippen LogP contribution is 2.40. The van der Waals surface area contributed by atoms with Crippen LogP contribution in [0.15, 0.2) is 146 Å². The predicted octanol–water partition coefficient (Wildman–Crippen LogP) is 11.1. The lowest BCUT2D eigenvalue weighted by molar-refractivity contribution is 1.32. The van der Waals surface area contributed by atoms with Gasteiger partial charge in [-0.1, -0.05) is 115 Å². The summed E-state index contributed by atoms with van der Waals surface area (Å²) in [6.45, 7) is 0. The van der Waals surface area contributed by atoms with Crippen LogP contribution in [0.4, 0.5) is 0 Å². The molecule has 2 nitrogen and oxygen atoms in total. The Hall–Kier alpha value is -5.73. The average molecular weight is 545 g/mol. The van der Waals surface area contributed by atoms with Crippen molar-refractivity contribution in [2.45, 2.75) is 0 Å². The lowest BCUT2D eigenvalue weighted by Crippen LogP contribution is -1.93. The largest absolute Gasteiger partial charge is 0.292 e. The molecule has 8 aromatic carbocycles. The molecule has 2 heteroatoms. The van der Waals surface area contributed by atoms with Gasteiger partial charge in [-0.15, -0.1) is 0 Å². The summed E-state index contributed by atoms with van der Waals surface area (Å²) in [6.07, 6.45) is 0. The zero-order chi connectivity index (χ0) is 28.1. The molecular formula is C41H24N2. The van der Waals surface area contributed by atoms with Crippen molar-refractivity contribution in [2.24, 2.45) is 0 Å². The van der Waals surface area contributed by atoms with E-state index in [0.29, 0.717) is 0 Å². The summed E-state index contributed by atoms with van der Waals surface area (Å²) in [5.41, 5.74) is 6.77. The van der Waals surface area contributed by atoms with E-state index < -0.39 is 0 Å². The molecule has 10 aromatic rings. The maximum Gasteiger partial charge on any atom is 0.147 e. The molecule has 2 heterocycles. The van der Waals surface area contributed by atoms with Gasteiger partial charge in [0.1, 0.15) is 5.65 Å². The molecule has 0 fully saturated rings. The van der Waals surface area contributed by atoms with Crippen LogP contribution < -0.4 is 0 Å². The van der Waals surface area contributed by atoms with Gasteiger partial charge >= 0.3 is 0 Å². The van der Waals surface area contributed by atoms with Crippen LogP contribution in [0.25, 0.3) is 92.6 Å². The van der Waals surface area contributed by atoms with E-state index >= 15 is 0 Å². The number of aromatic nitrogens is 2. The Kier molecular flexibility index (Phi) is 4.48. The molecule has 0 saturated carbocycles. The summed E-state index contributed by atoms with van der Waals surface area (Å²) >= 11 is 0. The molecule has 0 saturated heterocycles. The van der Waals surface area contributed by atoms with Crippen molar-refractivity contribution < 1.29 is 0 Å². The van der Waals surface area contributed by atoms with E-state index in [9.17, 15) is 0 Å². The quantitative estimate of drug-likeness (QED) is 0.188. The van der Waals surface area contributed by atoms with Gasteiger partial charge in [0.25, 0.3) is 0 Å². The Bertz CT molecular complexity index is 2750. The Morgan fingerprint density at radius 1 is 0.372 bits per heavy atom. The van der Waals surface area contributed by atoms with Gasteiger partial charge in [0.15, 0.2) is 0 Å². The Morgan fingerprint density at radius 2 is 0.930 bits per heavy atom.